The van der Waals surface area contributed by atoms with Crippen LogP contribution in [0.1, 0.15) is 12.5 Å². The molecule has 0 unspecified atom stereocenters. The van der Waals surface area contributed by atoms with Crippen molar-refractivity contribution in [1.82, 2.24) is 9.55 Å². The van der Waals surface area contributed by atoms with E-state index in [1.54, 1.807) is 54.1 Å². The van der Waals surface area contributed by atoms with Crippen LogP contribution in [0.2, 0.25) is 5.15 Å². The number of hydrogen-bond donors (Lipinski definition) is 2. The zero-order chi connectivity index (χ0) is 22.8. The van der Waals surface area contributed by atoms with E-state index in [9.17, 15) is 14.0 Å². The number of urea groups is 1. The minimum Gasteiger partial charge on any atom is -0.308 e. The van der Waals surface area contributed by atoms with E-state index in [-0.39, 0.29) is 11.2 Å². The largest absolute Gasteiger partial charge is 0.323 e. The second kappa shape index (κ2) is 8.80. The van der Waals surface area contributed by atoms with Crippen LogP contribution in [0.25, 0.3) is 22.0 Å². The molecular formula is C24H20ClFN4O2. The molecule has 0 saturated heterocycles. The topological polar surface area (TPSA) is 76.0 Å². The van der Waals surface area contributed by atoms with Crippen molar-refractivity contribution in [3.63, 3.8) is 0 Å². The number of carbonyl (C=O) groups is 1. The normalized spacial score (nSPS) is 10.9. The molecule has 0 atom stereocenters. The Morgan fingerprint density at radius 1 is 1.09 bits per heavy atom. The Bertz CT molecular complexity index is 1390. The molecule has 32 heavy (non-hydrogen) atoms. The van der Waals surface area contributed by atoms with Crippen molar-refractivity contribution in [2.75, 3.05) is 10.6 Å². The lowest BCUT2D eigenvalue weighted by molar-refractivity contribution is 0.262. The molecule has 4 rings (SSSR count). The van der Waals surface area contributed by atoms with E-state index in [2.05, 4.69) is 15.6 Å². The van der Waals surface area contributed by atoms with E-state index >= 15 is 0 Å². The van der Waals surface area contributed by atoms with Crippen LogP contribution in [0, 0.1) is 12.7 Å². The Kier molecular flexibility index (Phi) is 5.92. The van der Waals surface area contributed by atoms with E-state index in [0.29, 0.717) is 39.6 Å². The molecule has 0 aliphatic rings. The van der Waals surface area contributed by atoms with Gasteiger partial charge in [0.05, 0.1) is 11.2 Å². The van der Waals surface area contributed by atoms with Gasteiger partial charge in [-0.1, -0.05) is 29.8 Å². The van der Waals surface area contributed by atoms with Gasteiger partial charge in [0.15, 0.2) is 0 Å². The Labute approximate surface area is 188 Å². The van der Waals surface area contributed by atoms with Crippen molar-refractivity contribution in [3.05, 3.63) is 87.7 Å². The second-order valence-electron chi connectivity index (χ2n) is 7.27. The Morgan fingerprint density at radius 3 is 2.56 bits per heavy atom. The number of fused-ring (bicyclic) bond motifs is 1. The SMILES string of the molecule is CCn1c(=O)c(-c2cc(NC(=O)Nc3ccccc3)c(F)cc2C)cc2cnc(Cl)cc21. The number of nitrogens with zero attached hydrogens (tertiary/aromatic N) is 2. The van der Waals surface area contributed by atoms with Crippen LogP contribution in [-0.2, 0) is 6.54 Å². The van der Waals surface area contributed by atoms with Crippen LogP contribution in [0.3, 0.4) is 0 Å². The van der Waals surface area contributed by atoms with Crippen molar-refractivity contribution in [1.29, 1.82) is 0 Å². The van der Waals surface area contributed by atoms with E-state index in [0.717, 1.165) is 5.39 Å². The summed E-state index contributed by atoms with van der Waals surface area (Å²) in [5.41, 5.74) is 2.44. The molecule has 2 amide bonds. The molecule has 2 heterocycles. The summed E-state index contributed by atoms with van der Waals surface area (Å²) >= 11 is 6.01. The number of aromatic nitrogens is 2. The Hall–Kier alpha value is -3.71. The van der Waals surface area contributed by atoms with Crippen molar-refractivity contribution in [2.24, 2.45) is 0 Å². The van der Waals surface area contributed by atoms with Gasteiger partial charge in [-0.25, -0.2) is 14.2 Å². The number of pyridine rings is 2. The monoisotopic (exact) mass is 450 g/mol. The average molecular weight is 451 g/mol. The summed E-state index contributed by atoms with van der Waals surface area (Å²) in [6.45, 7) is 4.00. The number of para-hydroxylation sites is 1. The summed E-state index contributed by atoms with van der Waals surface area (Å²) in [7, 11) is 0. The molecule has 2 N–H and O–H groups in total. The van der Waals surface area contributed by atoms with Crippen LogP contribution in [0.4, 0.5) is 20.6 Å². The molecule has 0 radical (unpaired) electrons. The highest BCUT2D eigenvalue weighted by Crippen LogP contribution is 2.29. The third-order valence-corrected chi connectivity index (χ3v) is 5.35. The van der Waals surface area contributed by atoms with Gasteiger partial charge < -0.3 is 15.2 Å². The van der Waals surface area contributed by atoms with Crippen molar-refractivity contribution in [2.45, 2.75) is 20.4 Å². The van der Waals surface area contributed by atoms with Crippen molar-refractivity contribution in [3.8, 4) is 11.1 Å². The number of halogens is 2. The van der Waals surface area contributed by atoms with Gasteiger partial charge in [-0.3, -0.25) is 4.79 Å². The highest BCUT2D eigenvalue weighted by atomic mass is 35.5. The molecule has 2 aromatic heterocycles. The molecule has 0 fully saturated rings. The summed E-state index contributed by atoms with van der Waals surface area (Å²) in [6.07, 6.45) is 1.60. The average Bonchev–Trinajstić information content (AvgIpc) is 2.76. The van der Waals surface area contributed by atoms with E-state index in [1.807, 2.05) is 13.0 Å². The van der Waals surface area contributed by atoms with Gasteiger partial charge in [0, 0.05) is 29.4 Å². The molecule has 0 aliphatic heterocycles. The molecular weight excluding hydrogens is 431 g/mol. The minimum atomic E-state index is -0.598. The van der Waals surface area contributed by atoms with Gasteiger partial charge in [-0.15, -0.1) is 0 Å². The molecule has 6 nitrogen and oxygen atoms in total. The number of benzene rings is 2. The number of anilines is 2. The van der Waals surface area contributed by atoms with Crippen LogP contribution in [0.5, 0.6) is 0 Å². The molecule has 0 spiro atoms. The molecule has 2 aromatic carbocycles. The second-order valence-corrected chi connectivity index (χ2v) is 7.65. The molecule has 0 saturated carbocycles. The lowest BCUT2D eigenvalue weighted by Gasteiger charge is -2.15. The summed E-state index contributed by atoms with van der Waals surface area (Å²) in [5.74, 6) is -0.598. The van der Waals surface area contributed by atoms with Gasteiger partial charge in [0.1, 0.15) is 11.0 Å². The first-order chi connectivity index (χ1) is 15.4. The molecule has 0 bridgehead atoms. The quantitative estimate of drug-likeness (QED) is 0.384. The third kappa shape index (κ3) is 4.20. The predicted molar refractivity (Wildman–Crippen MR) is 126 cm³/mol. The lowest BCUT2D eigenvalue weighted by atomic mass is 9.99. The number of carbonyl (C=O) groups excluding carboxylic acids is 1. The lowest BCUT2D eigenvalue weighted by Crippen LogP contribution is -2.22. The maximum atomic E-state index is 14.6. The highest BCUT2D eigenvalue weighted by molar-refractivity contribution is 6.30. The van der Waals surface area contributed by atoms with Crippen molar-refractivity contribution >= 4 is 39.9 Å². The zero-order valence-electron chi connectivity index (χ0n) is 17.4. The molecule has 4 aromatic rings. The van der Waals surface area contributed by atoms with Crippen LogP contribution in [-0.4, -0.2) is 15.6 Å². The van der Waals surface area contributed by atoms with E-state index in [1.165, 1.54) is 12.1 Å². The highest BCUT2D eigenvalue weighted by Gasteiger charge is 2.17. The van der Waals surface area contributed by atoms with Crippen LogP contribution >= 0.6 is 11.6 Å². The van der Waals surface area contributed by atoms with E-state index in [4.69, 9.17) is 11.6 Å². The third-order valence-electron chi connectivity index (χ3n) is 5.15. The summed E-state index contributed by atoms with van der Waals surface area (Å²) < 4.78 is 16.2. The first kappa shape index (κ1) is 21.5. The standard InChI is InChI=1S/C24H20ClFN4O2/c1-3-30-21-12-22(25)27-13-15(21)10-18(23(30)31)17-11-20(19(26)9-14(17)2)29-24(32)28-16-7-5-4-6-8-16/h4-13H,3H2,1-2H3,(H2,28,29,32). The maximum Gasteiger partial charge on any atom is 0.323 e. The first-order valence-electron chi connectivity index (χ1n) is 10.00. The smallest absolute Gasteiger partial charge is 0.308 e. The summed E-state index contributed by atoms with van der Waals surface area (Å²) in [4.78, 5) is 29.7. The number of rotatable bonds is 4. The molecule has 162 valence electrons. The van der Waals surface area contributed by atoms with Gasteiger partial charge in [-0.05, 0) is 61.4 Å². The van der Waals surface area contributed by atoms with E-state index < -0.39 is 11.8 Å². The van der Waals surface area contributed by atoms with Gasteiger partial charge in [-0.2, -0.15) is 0 Å². The molecule has 8 heteroatoms. The van der Waals surface area contributed by atoms with Gasteiger partial charge in [0.25, 0.3) is 5.56 Å². The van der Waals surface area contributed by atoms with Gasteiger partial charge in [0.2, 0.25) is 0 Å². The predicted octanol–water partition coefficient (Wildman–Crippen LogP) is 5.83. The number of nitrogens with one attached hydrogen (secondary N) is 2. The molecule has 0 aliphatic carbocycles. The number of aryl methyl sites for hydroxylation is 2. The zero-order valence-corrected chi connectivity index (χ0v) is 18.2. The Morgan fingerprint density at radius 2 is 1.84 bits per heavy atom. The fourth-order valence-corrected chi connectivity index (χ4v) is 3.77. The number of hydrogen-bond acceptors (Lipinski definition) is 3. The van der Waals surface area contributed by atoms with Crippen LogP contribution < -0.4 is 16.2 Å². The van der Waals surface area contributed by atoms with Gasteiger partial charge >= 0.3 is 6.03 Å². The fraction of sp³-hybridized carbons (Fsp3) is 0.125. The van der Waals surface area contributed by atoms with Crippen LogP contribution in [0.15, 0.2) is 65.6 Å². The summed E-state index contributed by atoms with van der Waals surface area (Å²) in [6, 6.07) is 14.4. The maximum absolute atomic E-state index is 14.6. The minimum absolute atomic E-state index is 0.0317. The van der Waals surface area contributed by atoms with Crippen molar-refractivity contribution < 1.29 is 9.18 Å². The Balaban J connectivity index is 1.77. The first-order valence-corrected chi connectivity index (χ1v) is 10.4. The fourth-order valence-electron chi connectivity index (χ4n) is 3.62. The summed E-state index contributed by atoms with van der Waals surface area (Å²) in [5, 5.41) is 6.19. The number of amides is 2.